The largest absolute Gasteiger partial charge is 0.380 e. The lowest BCUT2D eigenvalue weighted by molar-refractivity contribution is 1.06. The van der Waals surface area contributed by atoms with Crippen molar-refractivity contribution in [3.8, 4) is 0 Å². The van der Waals surface area contributed by atoms with Gasteiger partial charge in [0.1, 0.15) is 5.82 Å². The van der Waals surface area contributed by atoms with Crippen LogP contribution in [-0.4, -0.2) is 19.1 Å². The Bertz CT molecular complexity index is 550. The van der Waals surface area contributed by atoms with Gasteiger partial charge in [0, 0.05) is 25.1 Å². The van der Waals surface area contributed by atoms with E-state index in [4.69, 9.17) is 0 Å². The van der Waals surface area contributed by atoms with Crippen LogP contribution in [0.4, 0.5) is 11.5 Å². The van der Waals surface area contributed by atoms with E-state index in [1.807, 2.05) is 37.3 Å². The van der Waals surface area contributed by atoms with Crippen LogP contribution in [0.25, 0.3) is 0 Å². The molecule has 1 heterocycles. The lowest BCUT2D eigenvalue weighted by Crippen LogP contribution is -2.10. The number of hydrogen-bond acceptors (Lipinski definition) is 3. The summed E-state index contributed by atoms with van der Waals surface area (Å²) < 4.78 is 1.14. The van der Waals surface area contributed by atoms with Crippen molar-refractivity contribution in [3.05, 3.63) is 52.1 Å². The van der Waals surface area contributed by atoms with E-state index in [0.717, 1.165) is 22.5 Å². The molecule has 4 heteroatoms. The fourth-order valence-electron chi connectivity index (χ4n) is 1.75. The normalized spacial score (nSPS) is 10.3. The second-order valence-electron chi connectivity index (χ2n) is 4.75. The quantitative estimate of drug-likeness (QED) is 0.928. The minimum Gasteiger partial charge on any atom is -0.380 e. The number of nitrogens with zero attached hydrogens (tertiary/aromatic N) is 2. The number of aromatic nitrogens is 1. The number of aryl methyl sites for hydroxylation is 1. The zero-order chi connectivity index (χ0) is 13.8. The molecule has 0 fully saturated rings. The van der Waals surface area contributed by atoms with Gasteiger partial charge in [-0.1, -0.05) is 28.1 Å². The van der Waals surface area contributed by atoms with Gasteiger partial charge in [0.15, 0.2) is 0 Å². The van der Waals surface area contributed by atoms with Gasteiger partial charge in [-0.3, -0.25) is 0 Å². The number of benzene rings is 1. The van der Waals surface area contributed by atoms with Crippen molar-refractivity contribution >= 4 is 27.4 Å². The summed E-state index contributed by atoms with van der Waals surface area (Å²) in [6.07, 6.45) is 1.86. The zero-order valence-corrected chi connectivity index (χ0v) is 13.0. The summed E-state index contributed by atoms with van der Waals surface area (Å²) in [6, 6.07) is 10.4. The number of pyridine rings is 1. The van der Waals surface area contributed by atoms with Gasteiger partial charge in [-0.2, -0.15) is 0 Å². The molecular formula is C15H18BrN3. The third kappa shape index (κ3) is 3.70. The molecule has 0 radical (unpaired) electrons. The molecule has 2 rings (SSSR count). The Morgan fingerprint density at radius 2 is 2.00 bits per heavy atom. The third-order valence-corrected chi connectivity index (χ3v) is 3.64. The van der Waals surface area contributed by atoms with E-state index in [1.165, 1.54) is 11.1 Å². The number of hydrogen-bond donors (Lipinski definition) is 1. The molecule has 0 bridgehead atoms. The standard InChI is InChI=1S/C15H18BrN3/c1-11-4-5-12(14(16)8-11)9-17-13-6-7-15(18-10-13)19(2)3/h4-8,10,17H,9H2,1-3H3. The predicted molar refractivity (Wildman–Crippen MR) is 84.8 cm³/mol. The van der Waals surface area contributed by atoms with Crippen LogP contribution in [0.2, 0.25) is 0 Å². The first kappa shape index (κ1) is 13.9. The molecule has 1 N–H and O–H groups in total. The van der Waals surface area contributed by atoms with Crippen LogP contribution in [-0.2, 0) is 6.54 Å². The first-order chi connectivity index (χ1) is 9.06. The number of halogens is 1. The molecule has 100 valence electrons. The Balaban J connectivity index is 2.02. The van der Waals surface area contributed by atoms with Crippen LogP contribution in [0.3, 0.4) is 0 Å². The molecule has 0 atom stereocenters. The van der Waals surface area contributed by atoms with Crippen LogP contribution in [0, 0.1) is 6.92 Å². The number of anilines is 2. The SMILES string of the molecule is Cc1ccc(CNc2ccc(N(C)C)nc2)c(Br)c1. The summed E-state index contributed by atoms with van der Waals surface area (Å²) in [7, 11) is 3.97. The Morgan fingerprint density at radius 1 is 1.21 bits per heavy atom. The topological polar surface area (TPSA) is 28.2 Å². The lowest BCUT2D eigenvalue weighted by atomic mass is 10.1. The molecule has 0 saturated carbocycles. The molecule has 0 unspecified atom stereocenters. The third-order valence-electron chi connectivity index (χ3n) is 2.90. The Kier molecular flexibility index (Phi) is 4.43. The summed E-state index contributed by atoms with van der Waals surface area (Å²) in [5, 5.41) is 3.38. The summed E-state index contributed by atoms with van der Waals surface area (Å²) in [5.74, 6) is 0.960. The summed E-state index contributed by atoms with van der Waals surface area (Å²) >= 11 is 3.59. The minimum atomic E-state index is 0.782. The van der Waals surface area contributed by atoms with Crippen molar-refractivity contribution in [2.24, 2.45) is 0 Å². The molecule has 1 aromatic carbocycles. The van der Waals surface area contributed by atoms with E-state index >= 15 is 0 Å². The molecule has 0 spiro atoms. The Labute approximate surface area is 122 Å². The van der Waals surface area contributed by atoms with Crippen LogP contribution in [0.15, 0.2) is 41.0 Å². The summed E-state index contributed by atoms with van der Waals surface area (Å²) in [4.78, 5) is 6.37. The van der Waals surface area contributed by atoms with Crippen molar-refractivity contribution in [2.45, 2.75) is 13.5 Å². The molecule has 3 nitrogen and oxygen atoms in total. The highest BCUT2D eigenvalue weighted by Gasteiger charge is 2.01. The maximum absolute atomic E-state index is 4.38. The van der Waals surface area contributed by atoms with E-state index in [9.17, 15) is 0 Å². The molecule has 0 aliphatic heterocycles. The van der Waals surface area contributed by atoms with E-state index < -0.39 is 0 Å². The Morgan fingerprint density at radius 3 is 2.58 bits per heavy atom. The predicted octanol–water partition coefficient (Wildman–Crippen LogP) is 3.83. The van der Waals surface area contributed by atoms with Gasteiger partial charge in [-0.25, -0.2) is 4.98 Å². The fraction of sp³-hybridized carbons (Fsp3) is 0.267. The Hall–Kier alpha value is -1.55. The van der Waals surface area contributed by atoms with E-state index in [-0.39, 0.29) is 0 Å². The van der Waals surface area contributed by atoms with Gasteiger partial charge in [0.05, 0.1) is 11.9 Å². The molecule has 0 amide bonds. The van der Waals surface area contributed by atoms with Gasteiger partial charge < -0.3 is 10.2 Å². The number of rotatable bonds is 4. The molecule has 0 aliphatic rings. The highest BCUT2D eigenvalue weighted by molar-refractivity contribution is 9.10. The van der Waals surface area contributed by atoms with Crippen LogP contribution >= 0.6 is 15.9 Å². The molecule has 2 aromatic rings. The average molecular weight is 320 g/mol. The average Bonchev–Trinajstić information content (AvgIpc) is 2.38. The van der Waals surface area contributed by atoms with E-state index in [2.05, 4.69) is 51.4 Å². The van der Waals surface area contributed by atoms with Crippen LogP contribution in [0.5, 0.6) is 0 Å². The maximum Gasteiger partial charge on any atom is 0.128 e. The van der Waals surface area contributed by atoms with Gasteiger partial charge >= 0.3 is 0 Å². The first-order valence-electron chi connectivity index (χ1n) is 6.18. The maximum atomic E-state index is 4.38. The molecule has 19 heavy (non-hydrogen) atoms. The second kappa shape index (κ2) is 6.06. The number of nitrogens with one attached hydrogen (secondary N) is 1. The first-order valence-corrected chi connectivity index (χ1v) is 6.98. The fourth-order valence-corrected chi connectivity index (χ4v) is 2.38. The molecule has 0 aliphatic carbocycles. The smallest absolute Gasteiger partial charge is 0.128 e. The van der Waals surface area contributed by atoms with Crippen molar-refractivity contribution in [1.29, 1.82) is 0 Å². The molecular weight excluding hydrogens is 302 g/mol. The van der Waals surface area contributed by atoms with Crippen molar-refractivity contribution in [3.63, 3.8) is 0 Å². The van der Waals surface area contributed by atoms with Gasteiger partial charge in [-0.05, 0) is 36.2 Å². The van der Waals surface area contributed by atoms with Crippen molar-refractivity contribution in [2.75, 3.05) is 24.3 Å². The van der Waals surface area contributed by atoms with Gasteiger partial charge in [-0.15, -0.1) is 0 Å². The van der Waals surface area contributed by atoms with Gasteiger partial charge in [0.2, 0.25) is 0 Å². The second-order valence-corrected chi connectivity index (χ2v) is 5.60. The monoisotopic (exact) mass is 319 g/mol. The van der Waals surface area contributed by atoms with E-state index in [1.54, 1.807) is 0 Å². The molecule has 1 aromatic heterocycles. The zero-order valence-electron chi connectivity index (χ0n) is 11.4. The molecule has 0 saturated heterocycles. The summed E-state index contributed by atoms with van der Waals surface area (Å²) in [5.41, 5.74) is 3.52. The van der Waals surface area contributed by atoms with Crippen LogP contribution < -0.4 is 10.2 Å². The lowest BCUT2D eigenvalue weighted by Gasteiger charge is -2.12. The van der Waals surface area contributed by atoms with Gasteiger partial charge in [0.25, 0.3) is 0 Å². The van der Waals surface area contributed by atoms with Crippen molar-refractivity contribution < 1.29 is 0 Å². The minimum absolute atomic E-state index is 0.782. The van der Waals surface area contributed by atoms with E-state index in [0.29, 0.717) is 0 Å². The van der Waals surface area contributed by atoms with Crippen molar-refractivity contribution in [1.82, 2.24) is 4.98 Å². The highest BCUT2D eigenvalue weighted by atomic mass is 79.9. The van der Waals surface area contributed by atoms with Crippen LogP contribution in [0.1, 0.15) is 11.1 Å². The summed E-state index contributed by atoms with van der Waals surface area (Å²) in [6.45, 7) is 2.87. The highest BCUT2D eigenvalue weighted by Crippen LogP contribution is 2.20.